The fourth-order valence-corrected chi connectivity index (χ4v) is 2.17. The fraction of sp³-hybridized carbons (Fsp3) is 0.538. The average Bonchev–Trinajstić information content (AvgIpc) is 2.30. The van der Waals surface area contributed by atoms with E-state index in [9.17, 15) is 0 Å². The maximum Gasteiger partial charge on any atom is 0.0337 e. The molecule has 82 valence electrons. The molecule has 2 nitrogen and oxygen atoms in total. The summed E-state index contributed by atoms with van der Waals surface area (Å²) in [6, 6.07) is 9.30. The van der Waals surface area contributed by atoms with E-state index in [-0.39, 0.29) is 0 Å². The SMILES string of the molecule is CNc1ccc(C2CC[C@@H](C)CN2)cc1. The summed E-state index contributed by atoms with van der Waals surface area (Å²) >= 11 is 0. The molecule has 1 saturated heterocycles. The van der Waals surface area contributed by atoms with Gasteiger partial charge >= 0.3 is 0 Å². The van der Waals surface area contributed by atoms with Crippen molar-refractivity contribution in [1.29, 1.82) is 0 Å². The summed E-state index contributed by atoms with van der Waals surface area (Å²) in [6.07, 6.45) is 2.60. The molecule has 1 fully saturated rings. The first-order valence-electron chi connectivity index (χ1n) is 5.80. The summed E-state index contributed by atoms with van der Waals surface area (Å²) in [4.78, 5) is 0. The van der Waals surface area contributed by atoms with Crippen LogP contribution in [0, 0.1) is 5.92 Å². The Morgan fingerprint density at radius 1 is 1.20 bits per heavy atom. The third kappa shape index (κ3) is 2.51. The van der Waals surface area contributed by atoms with Gasteiger partial charge in [-0.1, -0.05) is 19.1 Å². The van der Waals surface area contributed by atoms with Crippen LogP contribution in [0.4, 0.5) is 5.69 Å². The van der Waals surface area contributed by atoms with Gasteiger partial charge in [-0.05, 0) is 43.0 Å². The van der Waals surface area contributed by atoms with Crippen LogP contribution in [0.3, 0.4) is 0 Å². The highest BCUT2D eigenvalue weighted by Gasteiger charge is 2.18. The zero-order valence-corrected chi connectivity index (χ0v) is 9.59. The van der Waals surface area contributed by atoms with Crippen molar-refractivity contribution in [3.05, 3.63) is 29.8 Å². The Hall–Kier alpha value is -1.02. The largest absolute Gasteiger partial charge is 0.388 e. The van der Waals surface area contributed by atoms with E-state index in [1.807, 2.05) is 7.05 Å². The van der Waals surface area contributed by atoms with Gasteiger partial charge in [0.15, 0.2) is 0 Å². The van der Waals surface area contributed by atoms with E-state index in [0.717, 1.165) is 12.5 Å². The third-order valence-corrected chi connectivity index (χ3v) is 3.26. The molecule has 0 amide bonds. The third-order valence-electron chi connectivity index (χ3n) is 3.26. The van der Waals surface area contributed by atoms with Crippen LogP contribution in [0.1, 0.15) is 31.4 Å². The lowest BCUT2D eigenvalue weighted by Crippen LogP contribution is -2.31. The minimum atomic E-state index is 0.562. The van der Waals surface area contributed by atoms with E-state index in [1.54, 1.807) is 0 Å². The van der Waals surface area contributed by atoms with E-state index in [1.165, 1.54) is 24.1 Å². The van der Waals surface area contributed by atoms with Gasteiger partial charge in [0.2, 0.25) is 0 Å². The van der Waals surface area contributed by atoms with Crippen LogP contribution in [0.25, 0.3) is 0 Å². The number of piperidine rings is 1. The lowest BCUT2D eigenvalue weighted by atomic mass is 9.92. The predicted molar refractivity (Wildman–Crippen MR) is 65.1 cm³/mol. The maximum absolute atomic E-state index is 3.60. The van der Waals surface area contributed by atoms with Gasteiger partial charge in [0.25, 0.3) is 0 Å². The molecule has 1 aliphatic heterocycles. The number of nitrogens with one attached hydrogen (secondary N) is 2. The van der Waals surface area contributed by atoms with Gasteiger partial charge < -0.3 is 10.6 Å². The normalized spacial score (nSPS) is 26.3. The summed E-state index contributed by atoms with van der Waals surface area (Å²) in [7, 11) is 1.95. The average molecular weight is 204 g/mol. The van der Waals surface area contributed by atoms with Crippen molar-refractivity contribution in [2.24, 2.45) is 5.92 Å². The zero-order valence-electron chi connectivity index (χ0n) is 9.59. The Kier molecular flexibility index (Phi) is 3.27. The van der Waals surface area contributed by atoms with Crippen molar-refractivity contribution in [1.82, 2.24) is 5.32 Å². The van der Waals surface area contributed by atoms with Crippen LogP contribution >= 0.6 is 0 Å². The number of rotatable bonds is 2. The second-order valence-electron chi connectivity index (χ2n) is 4.52. The molecule has 2 atom stereocenters. The number of hydrogen-bond acceptors (Lipinski definition) is 2. The summed E-state index contributed by atoms with van der Waals surface area (Å²) in [5.74, 6) is 0.831. The highest BCUT2D eigenvalue weighted by Crippen LogP contribution is 2.26. The monoisotopic (exact) mass is 204 g/mol. The molecule has 2 heteroatoms. The van der Waals surface area contributed by atoms with Gasteiger partial charge in [0.05, 0.1) is 0 Å². The van der Waals surface area contributed by atoms with E-state index in [2.05, 4.69) is 41.8 Å². The van der Waals surface area contributed by atoms with Crippen molar-refractivity contribution >= 4 is 5.69 Å². The maximum atomic E-state index is 3.60. The molecular weight excluding hydrogens is 184 g/mol. The first-order chi connectivity index (χ1) is 7.29. The molecule has 1 aliphatic rings. The second kappa shape index (κ2) is 4.67. The molecule has 0 spiro atoms. The first kappa shape index (κ1) is 10.5. The Morgan fingerprint density at radius 2 is 1.93 bits per heavy atom. The van der Waals surface area contributed by atoms with Crippen molar-refractivity contribution < 1.29 is 0 Å². The molecule has 0 aromatic heterocycles. The molecule has 2 rings (SSSR count). The van der Waals surface area contributed by atoms with E-state index < -0.39 is 0 Å². The standard InChI is InChI=1S/C13H20N2/c1-10-3-8-13(15-9-10)11-4-6-12(14-2)7-5-11/h4-7,10,13-15H,3,8-9H2,1-2H3/t10-,13?/m1/s1. The topological polar surface area (TPSA) is 24.1 Å². The second-order valence-corrected chi connectivity index (χ2v) is 4.52. The lowest BCUT2D eigenvalue weighted by molar-refractivity contribution is 0.333. The number of hydrogen-bond donors (Lipinski definition) is 2. The van der Waals surface area contributed by atoms with Crippen molar-refractivity contribution in [2.75, 3.05) is 18.9 Å². The van der Waals surface area contributed by atoms with Crippen molar-refractivity contribution in [3.63, 3.8) is 0 Å². The molecule has 0 bridgehead atoms. The van der Waals surface area contributed by atoms with E-state index >= 15 is 0 Å². The van der Waals surface area contributed by atoms with Crippen molar-refractivity contribution in [2.45, 2.75) is 25.8 Å². The Bertz CT molecular complexity index is 297. The fourth-order valence-electron chi connectivity index (χ4n) is 2.17. The molecule has 2 N–H and O–H groups in total. The Balaban J connectivity index is 2.03. The molecule has 15 heavy (non-hydrogen) atoms. The molecule has 1 heterocycles. The van der Waals surface area contributed by atoms with Gasteiger partial charge in [-0.25, -0.2) is 0 Å². The molecule has 1 aromatic carbocycles. The quantitative estimate of drug-likeness (QED) is 0.774. The summed E-state index contributed by atoms with van der Waals surface area (Å²) in [6.45, 7) is 3.46. The van der Waals surface area contributed by atoms with Crippen LogP contribution in [0.15, 0.2) is 24.3 Å². The number of anilines is 1. The van der Waals surface area contributed by atoms with Gasteiger partial charge in [-0.15, -0.1) is 0 Å². The molecule has 1 unspecified atom stereocenters. The molecule has 0 aliphatic carbocycles. The number of benzene rings is 1. The smallest absolute Gasteiger partial charge is 0.0337 e. The summed E-state index contributed by atoms with van der Waals surface area (Å²) in [5.41, 5.74) is 2.60. The molecular formula is C13H20N2. The van der Waals surface area contributed by atoms with Crippen LogP contribution in [0.2, 0.25) is 0 Å². The first-order valence-corrected chi connectivity index (χ1v) is 5.80. The van der Waals surface area contributed by atoms with Gasteiger partial charge in [0, 0.05) is 18.8 Å². The van der Waals surface area contributed by atoms with E-state index in [0.29, 0.717) is 6.04 Å². The zero-order chi connectivity index (χ0) is 10.7. The lowest BCUT2D eigenvalue weighted by Gasteiger charge is -2.28. The van der Waals surface area contributed by atoms with Crippen molar-refractivity contribution in [3.8, 4) is 0 Å². The molecule has 0 saturated carbocycles. The van der Waals surface area contributed by atoms with Crippen LogP contribution in [0.5, 0.6) is 0 Å². The Labute approximate surface area is 92.1 Å². The van der Waals surface area contributed by atoms with Crippen LogP contribution < -0.4 is 10.6 Å². The summed E-state index contributed by atoms with van der Waals surface area (Å²) < 4.78 is 0. The van der Waals surface area contributed by atoms with Gasteiger partial charge in [0.1, 0.15) is 0 Å². The van der Waals surface area contributed by atoms with Gasteiger partial charge in [-0.3, -0.25) is 0 Å². The molecule has 1 aromatic rings. The van der Waals surface area contributed by atoms with Crippen LogP contribution in [-0.4, -0.2) is 13.6 Å². The molecule has 0 radical (unpaired) electrons. The van der Waals surface area contributed by atoms with E-state index in [4.69, 9.17) is 0 Å². The van der Waals surface area contributed by atoms with Gasteiger partial charge in [-0.2, -0.15) is 0 Å². The minimum absolute atomic E-state index is 0.562. The van der Waals surface area contributed by atoms with Crippen LogP contribution in [-0.2, 0) is 0 Å². The highest BCUT2D eigenvalue weighted by molar-refractivity contribution is 5.44. The Morgan fingerprint density at radius 3 is 2.47 bits per heavy atom. The summed E-state index contributed by atoms with van der Waals surface area (Å²) in [5, 5.41) is 6.75. The highest BCUT2D eigenvalue weighted by atomic mass is 14.9. The predicted octanol–water partition coefficient (Wildman–Crippen LogP) is 2.79. The minimum Gasteiger partial charge on any atom is -0.388 e.